The smallest absolute Gasteiger partial charge is 0.329 e. The highest BCUT2D eigenvalue weighted by molar-refractivity contribution is 6.03. The van der Waals surface area contributed by atoms with Crippen LogP contribution in [0.2, 0.25) is 0 Å². The number of likely N-dealkylation sites (N-methyl/N-ethyl adjacent to an activating group) is 4. The van der Waals surface area contributed by atoms with Gasteiger partial charge in [0, 0.05) is 52.1 Å². The Labute approximate surface area is 520 Å². The Kier molecular flexibility index (Phi) is 22.4. The molecular weight excluding hydrogens is 1170 g/mol. The summed E-state index contributed by atoms with van der Waals surface area (Å²) in [4.78, 5) is 185. The van der Waals surface area contributed by atoms with Gasteiger partial charge in [0.2, 0.25) is 47.3 Å². The van der Waals surface area contributed by atoms with E-state index in [9.17, 15) is 67.7 Å². The van der Waals surface area contributed by atoms with E-state index < -0.39 is 181 Å². The zero-order valence-electron chi connectivity index (χ0n) is 52.3. The number of fused-ring (bicyclic) bond motifs is 4. The van der Waals surface area contributed by atoms with Crippen LogP contribution >= 0.6 is 0 Å². The van der Waals surface area contributed by atoms with Gasteiger partial charge < -0.3 is 70.4 Å². The minimum Gasteiger partial charge on any atom is -0.505 e. The fraction of sp³-hybridized carbons (Fsp3) is 0.516. The van der Waals surface area contributed by atoms with E-state index in [0.29, 0.717) is 47.5 Å². The lowest BCUT2D eigenvalue weighted by Gasteiger charge is -2.37. The van der Waals surface area contributed by atoms with E-state index in [0.717, 1.165) is 30.7 Å². The standard InChI is InChI=1S/C62H80N12O16/c1-33(2)53-61(87)89-31-41(67-57(83)51-45(75)25-37-23-35(5)17-19-39(37)65-51)59(85)73-21-13-11-15-43(73)55(81)64-28-48(78)70(8)30-50(80)72(10)54(34(3)4)62(88)90-32-42(68-58(84)52-46(76)26-38-24-36(6)18-20-40(38)66-52)60(86)74-22-14-12-16-44(74)56(82)63-27-47(77)69(7)29-49(79)71(53)9/h17-20,23-26,33-34,41-44,53-54,75-76H,11-16,21-22,27-32H2,1-10H3,(H,63,82)(H,64,81)(H,67,83)(H,68,84)/t41-,42-,43+,44+,53+,54+/m1/s1. The second-order valence-electron chi connectivity index (χ2n) is 23.8. The first kappa shape index (κ1) is 68.0. The predicted octanol–water partition coefficient (Wildman–Crippen LogP) is 0.685. The van der Waals surface area contributed by atoms with Crippen LogP contribution in [0.3, 0.4) is 0 Å². The summed E-state index contributed by atoms with van der Waals surface area (Å²) >= 11 is 0. The van der Waals surface area contributed by atoms with Gasteiger partial charge in [-0.2, -0.15) is 0 Å². The summed E-state index contributed by atoms with van der Waals surface area (Å²) in [6, 6.07) is 4.29. The summed E-state index contributed by atoms with van der Waals surface area (Å²) in [5, 5.41) is 33.2. The molecular formula is C62H80N12O16. The summed E-state index contributed by atoms with van der Waals surface area (Å²) in [6.45, 7) is 5.82. The molecule has 2 aromatic carbocycles. The van der Waals surface area contributed by atoms with Crippen LogP contribution in [0.15, 0.2) is 48.5 Å². The molecule has 6 N–H and O–H groups in total. The maximum atomic E-state index is 14.8. The molecule has 0 unspecified atom stereocenters. The second-order valence-corrected chi connectivity index (χ2v) is 23.8. The zero-order valence-corrected chi connectivity index (χ0v) is 52.3. The van der Waals surface area contributed by atoms with E-state index in [2.05, 4.69) is 31.2 Å². The Morgan fingerprint density at radius 3 is 1.27 bits per heavy atom. The number of aryl methyl sites for hydroxylation is 2. The van der Waals surface area contributed by atoms with Crippen LogP contribution in [0.5, 0.6) is 11.5 Å². The Balaban J connectivity index is 1.18. The maximum Gasteiger partial charge on any atom is 0.329 e. The van der Waals surface area contributed by atoms with Crippen LogP contribution in [0.25, 0.3) is 21.8 Å². The number of piperidine rings is 2. The molecule has 7 rings (SSSR count). The number of benzene rings is 2. The molecule has 0 radical (unpaired) electrons. The van der Waals surface area contributed by atoms with Crippen molar-refractivity contribution >= 4 is 92.8 Å². The number of carbonyl (C=O) groups excluding carboxylic acids is 12. The van der Waals surface area contributed by atoms with Gasteiger partial charge in [-0.15, -0.1) is 0 Å². The molecule has 484 valence electrons. The molecule has 5 heterocycles. The number of rotatable bonds is 6. The minimum absolute atomic E-state index is 0.0241. The van der Waals surface area contributed by atoms with E-state index in [1.807, 2.05) is 13.8 Å². The predicted molar refractivity (Wildman–Crippen MR) is 324 cm³/mol. The average molecular weight is 1250 g/mol. The monoisotopic (exact) mass is 1250 g/mol. The van der Waals surface area contributed by atoms with E-state index in [1.54, 1.807) is 64.1 Å². The normalized spacial score (nSPS) is 22.8. The summed E-state index contributed by atoms with van der Waals surface area (Å²) in [5.74, 6) is -12.8. The lowest BCUT2D eigenvalue weighted by molar-refractivity contribution is -0.159. The number of aromatic nitrogens is 2. The quantitative estimate of drug-likeness (QED) is 0.145. The van der Waals surface area contributed by atoms with Crippen LogP contribution in [0, 0.1) is 25.7 Å². The van der Waals surface area contributed by atoms with Crippen molar-refractivity contribution in [2.75, 3.05) is 80.7 Å². The van der Waals surface area contributed by atoms with Gasteiger partial charge in [0.05, 0.1) is 37.2 Å². The first-order valence-electron chi connectivity index (χ1n) is 29.9. The number of carbonyl (C=O) groups is 12. The highest BCUT2D eigenvalue weighted by atomic mass is 16.5. The molecule has 3 fully saturated rings. The van der Waals surface area contributed by atoms with E-state index in [1.165, 1.54) is 50.1 Å². The highest BCUT2D eigenvalue weighted by Crippen LogP contribution is 2.27. The van der Waals surface area contributed by atoms with Crippen LogP contribution < -0.4 is 21.3 Å². The third-order valence-corrected chi connectivity index (χ3v) is 16.3. The first-order chi connectivity index (χ1) is 42.6. The number of ether oxygens (including phenoxy) is 2. The van der Waals surface area contributed by atoms with Crippen molar-refractivity contribution in [3.05, 3.63) is 71.0 Å². The van der Waals surface area contributed by atoms with Gasteiger partial charge in [0.1, 0.15) is 61.0 Å². The second kappa shape index (κ2) is 29.7. The van der Waals surface area contributed by atoms with Gasteiger partial charge in [-0.25, -0.2) is 19.6 Å². The molecule has 0 aliphatic carbocycles. The summed E-state index contributed by atoms with van der Waals surface area (Å²) in [5.41, 5.74) is 1.44. The number of nitrogens with zero attached hydrogens (tertiary/aromatic N) is 8. The topological polar surface area (TPSA) is 357 Å². The molecule has 0 bridgehead atoms. The zero-order chi connectivity index (χ0) is 66.0. The maximum absolute atomic E-state index is 14.8. The Hall–Kier alpha value is -9.50. The molecule has 3 saturated heterocycles. The lowest BCUT2D eigenvalue weighted by Crippen LogP contribution is -2.59. The molecule has 4 aromatic rings. The van der Waals surface area contributed by atoms with E-state index in [4.69, 9.17) is 9.47 Å². The number of nitrogens with one attached hydrogen (secondary N) is 4. The molecule has 90 heavy (non-hydrogen) atoms. The number of aromatic hydroxyl groups is 2. The number of esters is 2. The van der Waals surface area contributed by atoms with Gasteiger partial charge in [0.15, 0.2) is 11.4 Å². The summed E-state index contributed by atoms with van der Waals surface area (Å²) in [7, 11) is 5.17. The van der Waals surface area contributed by atoms with Crippen LogP contribution in [0.4, 0.5) is 0 Å². The van der Waals surface area contributed by atoms with Gasteiger partial charge in [0.25, 0.3) is 11.8 Å². The molecule has 10 amide bonds. The highest BCUT2D eigenvalue weighted by Gasteiger charge is 2.42. The van der Waals surface area contributed by atoms with Crippen molar-refractivity contribution in [2.45, 2.75) is 116 Å². The first-order valence-corrected chi connectivity index (χ1v) is 29.9. The molecule has 0 saturated carbocycles. The minimum atomic E-state index is -1.73. The van der Waals surface area contributed by atoms with E-state index in [-0.39, 0.29) is 25.9 Å². The molecule has 3 aliphatic heterocycles. The third kappa shape index (κ3) is 16.2. The van der Waals surface area contributed by atoms with Crippen LogP contribution in [0.1, 0.15) is 98.3 Å². The molecule has 6 atom stereocenters. The average Bonchev–Trinajstić information content (AvgIpc) is 0.942. The van der Waals surface area contributed by atoms with E-state index >= 15 is 0 Å². The molecule has 2 aromatic heterocycles. The fourth-order valence-electron chi connectivity index (χ4n) is 11.2. The van der Waals surface area contributed by atoms with Crippen molar-refractivity contribution in [1.82, 2.24) is 60.6 Å². The summed E-state index contributed by atoms with van der Waals surface area (Å²) in [6.07, 6.45) is 1.92. The van der Waals surface area contributed by atoms with Crippen molar-refractivity contribution in [3.63, 3.8) is 0 Å². The van der Waals surface area contributed by atoms with Gasteiger partial charge in [-0.3, -0.25) is 47.9 Å². The third-order valence-electron chi connectivity index (χ3n) is 16.3. The van der Waals surface area contributed by atoms with Crippen molar-refractivity contribution in [2.24, 2.45) is 11.8 Å². The lowest BCUT2D eigenvalue weighted by atomic mass is 10.00. The number of cyclic esters (lactones) is 2. The van der Waals surface area contributed by atoms with Crippen molar-refractivity contribution < 1.29 is 77.2 Å². The van der Waals surface area contributed by atoms with Gasteiger partial charge >= 0.3 is 11.9 Å². The molecule has 0 spiro atoms. The largest absolute Gasteiger partial charge is 0.505 e. The fourth-order valence-corrected chi connectivity index (χ4v) is 11.2. The Bertz CT molecular complexity index is 3240. The molecule has 3 aliphatic rings. The van der Waals surface area contributed by atoms with Gasteiger partial charge in [-0.05, 0) is 101 Å². The SMILES string of the molecule is Cc1ccc2nc(C(=O)N[C@@H]3COC(=O)[C@H](C(C)C)N(C)C(=O)CN(C)C(=O)CNC(=O)[C@@H]4CCCCN4C(=O)[C@H](NC(=O)c4nc5ccc(C)cc5cc4O)COC(=O)[C@H](C(C)C)N(C)C(=O)CN(C)C(=O)CNC(=O)[C@@H]4CCCCN4C3=O)c(O)cc2c1. The van der Waals surface area contributed by atoms with Crippen molar-refractivity contribution in [3.8, 4) is 11.5 Å². The number of hydrogen-bond donors (Lipinski definition) is 6. The Morgan fingerprint density at radius 2 is 0.911 bits per heavy atom. The Morgan fingerprint density at radius 1 is 0.544 bits per heavy atom. The van der Waals surface area contributed by atoms with Gasteiger partial charge in [-0.1, -0.05) is 51.0 Å². The number of amides is 10. The summed E-state index contributed by atoms with van der Waals surface area (Å²) < 4.78 is 11.5. The number of hydrogen-bond acceptors (Lipinski definition) is 18. The molecule has 28 nitrogen and oxygen atoms in total. The molecule has 28 heteroatoms. The van der Waals surface area contributed by atoms with Crippen molar-refractivity contribution in [1.29, 1.82) is 0 Å². The van der Waals surface area contributed by atoms with Crippen LogP contribution in [-0.2, 0) is 57.4 Å². The van der Waals surface area contributed by atoms with Crippen LogP contribution in [-0.4, -0.2) is 238 Å². The number of pyridine rings is 2.